The maximum absolute atomic E-state index is 5.31. The molecule has 0 saturated carbocycles. The van der Waals surface area contributed by atoms with Crippen LogP contribution in [0.25, 0.3) is 0 Å². The number of hydrogen-bond acceptors (Lipinski definition) is 3. The number of thioether (sulfide) groups is 3. The lowest BCUT2D eigenvalue weighted by Crippen LogP contribution is -2.47. The van der Waals surface area contributed by atoms with Gasteiger partial charge in [-0.05, 0) is 30.6 Å². The molecule has 3 aliphatic heterocycles. The third-order valence-electron chi connectivity index (χ3n) is 4.02. The molecule has 3 rings (SSSR count). The van der Waals surface area contributed by atoms with Gasteiger partial charge in [-0.3, -0.25) is 0 Å². The minimum atomic E-state index is 0.477. The Balaban J connectivity index is 1.85. The number of unbranched alkanes of at least 4 members (excludes halogenated alkanes) is 2. The van der Waals surface area contributed by atoms with E-state index >= 15 is 0 Å². The summed E-state index contributed by atoms with van der Waals surface area (Å²) in [5.74, 6) is 7.70. The molecule has 0 unspecified atom stereocenters. The molecule has 0 amide bonds. The van der Waals surface area contributed by atoms with Crippen molar-refractivity contribution < 1.29 is 0 Å². The number of terminal acetylenes is 1. The van der Waals surface area contributed by atoms with Crippen LogP contribution in [0.5, 0.6) is 0 Å². The van der Waals surface area contributed by atoms with Crippen molar-refractivity contribution in [2.24, 2.45) is 11.3 Å². The lowest BCUT2D eigenvalue weighted by molar-refractivity contribution is 0.301. The highest BCUT2D eigenvalue weighted by Gasteiger charge is 2.51. The van der Waals surface area contributed by atoms with Crippen LogP contribution in [0.1, 0.15) is 39.5 Å². The summed E-state index contributed by atoms with van der Waals surface area (Å²) in [6.07, 6.45) is 10.1. The highest BCUT2D eigenvalue weighted by molar-refractivity contribution is 8.34. The van der Waals surface area contributed by atoms with Crippen LogP contribution in [0.15, 0.2) is 0 Å². The highest BCUT2D eigenvalue weighted by Crippen LogP contribution is 2.65. The molecule has 0 aliphatic carbocycles. The Morgan fingerprint density at radius 3 is 2.18 bits per heavy atom. The summed E-state index contributed by atoms with van der Waals surface area (Å²) in [6.45, 7) is 4.79. The minimum absolute atomic E-state index is 0.477. The van der Waals surface area contributed by atoms with Gasteiger partial charge < -0.3 is 0 Å². The molecule has 3 saturated heterocycles. The van der Waals surface area contributed by atoms with Crippen molar-refractivity contribution in [3.8, 4) is 12.3 Å². The average Bonchev–Trinajstić information content (AvgIpc) is 2.37. The maximum Gasteiger partial charge on any atom is 0.107 e. The molecule has 3 aliphatic rings. The molecule has 17 heavy (non-hydrogen) atoms. The molecule has 0 nitrogen and oxygen atoms in total. The molecule has 96 valence electrons. The van der Waals surface area contributed by atoms with Crippen molar-refractivity contribution in [3.05, 3.63) is 0 Å². The van der Waals surface area contributed by atoms with E-state index in [0.29, 0.717) is 8.83 Å². The van der Waals surface area contributed by atoms with Crippen LogP contribution in [0.2, 0.25) is 0 Å². The Labute approximate surface area is 119 Å². The van der Waals surface area contributed by atoms with E-state index in [1.165, 1.54) is 36.5 Å². The Kier molecular flexibility index (Phi) is 4.72. The normalized spacial score (nSPS) is 36.1. The molecule has 0 spiro atoms. The molecule has 0 radical (unpaired) electrons. The summed E-state index contributed by atoms with van der Waals surface area (Å²) >= 11 is 6.66. The van der Waals surface area contributed by atoms with Crippen LogP contribution in [-0.4, -0.2) is 20.7 Å². The first-order valence-corrected chi connectivity index (χ1v) is 9.44. The minimum Gasteiger partial charge on any atom is -0.133 e. The first-order valence-electron chi connectivity index (χ1n) is 6.48. The van der Waals surface area contributed by atoms with E-state index in [4.69, 9.17) is 6.42 Å². The molecule has 0 aromatic heterocycles. The van der Waals surface area contributed by atoms with E-state index in [9.17, 15) is 0 Å². The van der Waals surface area contributed by atoms with Gasteiger partial charge in [0.05, 0.1) is 0 Å². The van der Waals surface area contributed by atoms with Gasteiger partial charge in [0.2, 0.25) is 0 Å². The van der Waals surface area contributed by atoms with Crippen molar-refractivity contribution in [3.63, 3.8) is 0 Å². The zero-order chi connectivity index (χ0) is 12.4. The standard InChI is InChI=1S/C14H22S3/c1-4-5-6-7-8-14-15-9-13(10-16-14,11-17-14)12(2)3/h1,12H,5-11H2,2-3H3. The third kappa shape index (κ3) is 2.96. The first kappa shape index (κ1) is 14.0. The highest BCUT2D eigenvalue weighted by atomic mass is 32.3. The predicted molar refractivity (Wildman–Crippen MR) is 84.7 cm³/mol. The molecule has 0 N–H and O–H groups in total. The molecule has 0 aromatic rings. The smallest absolute Gasteiger partial charge is 0.107 e. The SMILES string of the molecule is C#CCCCCC12SCC(C(C)C)(CS1)CS2. The van der Waals surface area contributed by atoms with Gasteiger partial charge in [-0.2, -0.15) is 0 Å². The first-order chi connectivity index (χ1) is 8.13. The lowest BCUT2D eigenvalue weighted by atomic mass is 9.82. The van der Waals surface area contributed by atoms with Crippen LogP contribution in [0, 0.1) is 23.7 Å². The van der Waals surface area contributed by atoms with Gasteiger partial charge in [-0.15, -0.1) is 47.6 Å². The van der Waals surface area contributed by atoms with Crippen LogP contribution in [0.3, 0.4) is 0 Å². The fourth-order valence-corrected chi connectivity index (χ4v) is 8.74. The predicted octanol–water partition coefficient (Wildman–Crippen LogP) is 4.70. The summed E-state index contributed by atoms with van der Waals surface area (Å²) < 4.78 is 0.477. The maximum atomic E-state index is 5.31. The van der Waals surface area contributed by atoms with E-state index in [2.05, 4.69) is 55.1 Å². The van der Waals surface area contributed by atoms with Gasteiger partial charge >= 0.3 is 0 Å². The zero-order valence-corrected chi connectivity index (χ0v) is 13.3. The van der Waals surface area contributed by atoms with Crippen LogP contribution in [0.4, 0.5) is 0 Å². The van der Waals surface area contributed by atoms with E-state index in [1.54, 1.807) is 0 Å². The fourth-order valence-electron chi connectivity index (χ4n) is 2.30. The molecule has 0 atom stereocenters. The Bertz CT molecular complexity index is 279. The Morgan fingerprint density at radius 1 is 1.12 bits per heavy atom. The molecule has 2 bridgehead atoms. The van der Waals surface area contributed by atoms with Gasteiger partial charge in [0.25, 0.3) is 0 Å². The summed E-state index contributed by atoms with van der Waals surface area (Å²) in [5, 5.41) is 0. The second kappa shape index (κ2) is 5.72. The quantitative estimate of drug-likeness (QED) is 0.531. The van der Waals surface area contributed by atoms with E-state index in [0.717, 1.165) is 12.3 Å². The van der Waals surface area contributed by atoms with Crippen molar-refractivity contribution in [2.45, 2.75) is 42.9 Å². The van der Waals surface area contributed by atoms with Crippen molar-refractivity contribution in [2.75, 3.05) is 17.3 Å². The summed E-state index contributed by atoms with van der Waals surface area (Å²) in [5.41, 5.74) is 0.612. The summed E-state index contributed by atoms with van der Waals surface area (Å²) in [6, 6.07) is 0. The average molecular weight is 287 g/mol. The molecule has 3 heterocycles. The van der Waals surface area contributed by atoms with E-state index in [1.807, 2.05) is 0 Å². The second-order valence-corrected chi connectivity index (χ2v) is 10.1. The van der Waals surface area contributed by atoms with E-state index < -0.39 is 0 Å². The topological polar surface area (TPSA) is 0 Å². The zero-order valence-electron chi connectivity index (χ0n) is 10.8. The van der Waals surface area contributed by atoms with Crippen LogP contribution in [-0.2, 0) is 0 Å². The van der Waals surface area contributed by atoms with Gasteiger partial charge in [-0.1, -0.05) is 13.8 Å². The fraction of sp³-hybridized carbons (Fsp3) is 0.857. The summed E-state index contributed by atoms with van der Waals surface area (Å²) in [7, 11) is 0. The molecule has 0 aromatic carbocycles. The Hall–Kier alpha value is 0.610. The number of rotatable bonds is 5. The van der Waals surface area contributed by atoms with Crippen molar-refractivity contribution >= 4 is 35.3 Å². The number of fused-ring (bicyclic) bond motifs is 3. The van der Waals surface area contributed by atoms with Gasteiger partial charge in [-0.25, -0.2) is 0 Å². The number of hydrogen-bond donors (Lipinski definition) is 0. The van der Waals surface area contributed by atoms with Gasteiger partial charge in [0, 0.05) is 23.7 Å². The molecular formula is C14H22S3. The Morgan fingerprint density at radius 2 is 1.71 bits per heavy atom. The van der Waals surface area contributed by atoms with Crippen molar-refractivity contribution in [1.29, 1.82) is 0 Å². The van der Waals surface area contributed by atoms with Gasteiger partial charge in [0.1, 0.15) is 3.41 Å². The van der Waals surface area contributed by atoms with Crippen LogP contribution < -0.4 is 0 Å². The second-order valence-electron chi connectivity index (χ2n) is 5.48. The molecular weight excluding hydrogens is 264 g/mol. The van der Waals surface area contributed by atoms with Crippen LogP contribution >= 0.6 is 35.3 Å². The lowest BCUT2D eigenvalue weighted by Gasteiger charge is -2.53. The largest absolute Gasteiger partial charge is 0.133 e. The van der Waals surface area contributed by atoms with Crippen molar-refractivity contribution in [1.82, 2.24) is 0 Å². The molecule has 3 fully saturated rings. The summed E-state index contributed by atoms with van der Waals surface area (Å²) in [4.78, 5) is 0. The monoisotopic (exact) mass is 286 g/mol. The van der Waals surface area contributed by atoms with Gasteiger partial charge in [0.15, 0.2) is 0 Å². The van der Waals surface area contributed by atoms with E-state index in [-0.39, 0.29) is 0 Å². The third-order valence-corrected chi connectivity index (χ3v) is 10.2. The molecule has 3 heteroatoms.